The van der Waals surface area contributed by atoms with E-state index in [9.17, 15) is 4.39 Å². The summed E-state index contributed by atoms with van der Waals surface area (Å²) in [6, 6.07) is 13.9. The Balaban J connectivity index is 2.12. The molecule has 0 fully saturated rings. The van der Waals surface area contributed by atoms with E-state index in [0.29, 0.717) is 17.7 Å². The van der Waals surface area contributed by atoms with Crippen LogP contribution in [-0.2, 0) is 6.54 Å². The van der Waals surface area contributed by atoms with E-state index in [2.05, 4.69) is 10.5 Å². The minimum atomic E-state index is -0.234. The molecular formula is C16H18FN3O. The maximum absolute atomic E-state index is 13.7. The van der Waals surface area contributed by atoms with Crippen LogP contribution in [0.5, 0.6) is 0 Å². The van der Waals surface area contributed by atoms with E-state index in [0.717, 1.165) is 5.56 Å². The van der Waals surface area contributed by atoms with E-state index in [1.807, 2.05) is 25.1 Å². The molecule has 0 heterocycles. The molecule has 5 heteroatoms. The van der Waals surface area contributed by atoms with Crippen molar-refractivity contribution in [1.82, 2.24) is 5.32 Å². The molecule has 0 aliphatic carbocycles. The Morgan fingerprint density at radius 3 is 2.62 bits per heavy atom. The Morgan fingerprint density at radius 2 is 1.90 bits per heavy atom. The minimum absolute atomic E-state index is 0.0611. The second kappa shape index (κ2) is 6.85. The summed E-state index contributed by atoms with van der Waals surface area (Å²) >= 11 is 0. The molecule has 1 atom stereocenters. The van der Waals surface area contributed by atoms with Crippen molar-refractivity contribution in [3.8, 4) is 0 Å². The molecule has 2 aromatic carbocycles. The van der Waals surface area contributed by atoms with E-state index in [1.54, 1.807) is 24.3 Å². The third-order valence-electron chi connectivity index (χ3n) is 3.37. The van der Waals surface area contributed by atoms with Gasteiger partial charge in [-0.15, -0.1) is 0 Å². The van der Waals surface area contributed by atoms with Gasteiger partial charge in [0.1, 0.15) is 5.82 Å². The fraction of sp³-hybridized carbons (Fsp3) is 0.188. The highest BCUT2D eigenvalue weighted by Crippen LogP contribution is 2.17. The van der Waals surface area contributed by atoms with Crippen LogP contribution in [0.3, 0.4) is 0 Å². The Kier molecular flexibility index (Phi) is 4.90. The van der Waals surface area contributed by atoms with Crippen LogP contribution >= 0.6 is 0 Å². The van der Waals surface area contributed by atoms with Gasteiger partial charge in [0.25, 0.3) is 0 Å². The van der Waals surface area contributed by atoms with Crippen LogP contribution in [-0.4, -0.2) is 11.0 Å². The van der Waals surface area contributed by atoms with Crippen LogP contribution in [0.2, 0.25) is 0 Å². The standard InChI is InChI=1S/C16H18FN3O/c1-11(13-7-4-5-9-15(13)17)19-10-12-6-2-3-8-14(12)16(18)20-21/h2-9,11,19,21H,10H2,1H3,(H2,18,20)/t11-/m1/s1. The quantitative estimate of drug-likeness (QED) is 0.343. The van der Waals surface area contributed by atoms with Crippen molar-refractivity contribution in [2.45, 2.75) is 19.5 Å². The lowest BCUT2D eigenvalue weighted by Crippen LogP contribution is -2.22. The first-order chi connectivity index (χ1) is 10.1. The molecule has 0 aliphatic heterocycles. The molecule has 0 aromatic heterocycles. The van der Waals surface area contributed by atoms with Crippen molar-refractivity contribution < 1.29 is 9.60 Å². The molecule has 0 radical (unpaired) electrons. The summed E-state index contributed by atoms with van der Waals surface area (Å²) in [7, 11) is 0. The van der Waals surface area contributed by atoms with Gasteiger partial charge in [0.15, 0.2) is 5.84 Å². The number of amidine groups is 1. The normalized spacial score (nSPS) is 13.1. The van der Waals surface area contributed by atoms with Gasteiger partial charge < -0.3 is 16.3 Å². The highest BCUT2D eigenvalue weighted by atomic mass is 19.1. The van der Waals surface area contributed by atoms with Crippen molar-refractivity contribution in [3.05, 3.63) is 71.0 Å². The van der Waals surface area contributed by atoms with Crippen LogP contribution in [0.15, 0.2) is 53.7 Å². The number of hydrogen-bond donors (Lipinski definition) is 3. The number of oxime groups is 1. The average molecular weight is 287 g/mol. The lowest BCUT2D eigenvalue weighted by molar-refractivity contribution is 0.318. The van der Waals surface area contributed by atoms with Gasteiger partial charge in [-0.05, 0) is 18.6 Å². The monoisotopic (exact) mass is 287 g/mol. The molecule has 2 rings (SSSR count). The lowest BCUT2D eigenvalue weighted by atomic mass is 10.0. The Hall–Kier alpha value is -2.40. The van der Waals surface area contributed by atoms with E-state index in [1.165, 1.54) is 6.07 Å². The topological polar surface area (TPSA) is 70.6 Å². The second-order valence-corrected chi connectivity index (χ2v) is 4.77. The number of nitrogens with two attached hydrogens (primary N) is 1. The molecule has 21 heavy (non-hydrogen) atoms. The number of hydrogen-bond acceptors (Lipinski definition) is 3. The van der Waals surface area contributed by atoms with Gasteiger partial charge in [-0.1, -0.05) is 47.6 Å². The van der Waals surface area contributed by atoms with Crippen molar-refractivity contribution in [3.63, 3.8) is 0 Å². The molecule has 0 saturated carbocycles. The van der Waals surface area contributed by atoms with Crippen molar-refractivity contribution in [2.24, 2.45) is 10.9 Å². The number of halogens is 1. The molecule has 4 nitrogen and oxygen atoms in total. The van der Waals surface area contributed by atoms with Crippen molar-refractivity contribution in [1.29, 1.82) is 0 Å². The van der Waals surface area contributed by atoms with Gasteiger partial charge in [0, 0.05) is 23.7 Å². The summed E-state index contributed by atoms with van der Waals surface area (Å²) in [6.07, 6.45) is 0. The summed E-state index contributed by atoms with van der Waals surface area (Å²) in [5, 5.41) is 15.1. The van der Waals surface area contributed by atoms with Gasteiger partial charge >= 0.3 is 0 Å². The summed E-state index contributed by atoms with van der Waals surface area (Å²) < 4.78 is 13.7. The Bertz CT molecular complexity index is 643. The number of rotatable bonds is 5. The van der Waals surface area contributed by atoms with Crippen LogP contribution < -0.4 is 11.1 Å². The molecule has 4 N–H and O–H groups in total. The predicted molar refractivity (Wildman–Crippen MR) is 80.6 cm³/mol. The molecule has 0 aliphatic rings. The maximum atomic E-state index is 13.7. The van der Waals surface area contributed by atoms with E-state index in [4.69, 9.17) is 10.9 Å². The summed E-state index contributed by atoms with van der Waals surface area (Å²) in [5.74, 6) is -0.173. The Morgan fingerprint density at radius 1 is 1.24 bits per heavy atom. The first-order valence-electron chi connectivity index (χ1n) is 6.67. The van der Waals surface area contributed by atoms with Gasteiger partial charge in [-0.25, -0.2) is 4.39 Å². The lowest BCUT2D eigenvalue weighted by Gasteiger charge is -2.16. The third-order valence-corrected chi connectivity index (χ3v) is 3.37. The summed E-state index contributed by atoms with van der Waals surface area (Å²) in [6.45, 7) is 2.38. The predicted octanol–water partition coefficient (Wildman–Crippen LogP) is 2.77. The van der Waals surface area contributed by atoms with Crippen molar-refractivity contribution >= 4 is 5.84 Å². The van der Waals surface area contributed by atoms with Crippen LogP contribution in [0.1, 0.15) is 29.7 Å². The maximum Gasteiger partial charge on any atom is 0.170 e. The highest BCUT2D eigenvalue weighted by molar-refractivity contribution is 5.98. The number of benzene rings is 2. The first kappa shape index (κ1) is 15.0. The van der Waals surface area contributed by atoms with Crippen LogP contribution in [0.4, 0.5) is 4.39 Å². The molecule has 0 spiro atoms. The molecule has 0 amide bonds. The Labute approximate surface area is 123 Å². The van der Waals surface area contributed by atoms with Crippen LogP contribution in [0.25, 0.3) is 0 Å². The zero-order valence-corrected chi connectivity index (χ0v) is 11.8. The van der Waals surface area contributed by atoms with Gasteiger partial charge in [-0.2, -0.15) is 0 Å². The smallest absolute Gasteiger partial charge is 0.170 e. The average Bonchev–Trinajstić information content (AvgIpc) is 2.52. The minimum Gasteiger partial charge on any atom is -0.409 e. The number of nitrogens with one attached hydrogen (secondary N) is 1. The van der Waals surface area contributed by atoms with Gasteiger partial charge in [-0.3, -0.25) is 0 Å². The molecular weight excluding hydrogens is 269 g/mol. The molecule has 2 aromatic rings. The summed E-state index contributed by atoms with van der Waals surface area (Å²) in [5.41, 5.74) is 7.80. The van der Waals surface area contributed by atoms with Crippen molar-refractivity contribution in [2.75, 3.05) is 0 Å². The van der Waals surface area contributed by atoms with E-state index in [-0.39, 0.29) is 17.7 Å². The van der Waals surface area contributed by atoms with E-state index >= 15 is 0 Å². The van der Waals surface area contributed by atoms with E-state index < -0.39 is 0 Å². The van der Waals surface area contributed by atoms with Crippen LogP contribution in [0, 0.1) is 5.82 Å². The second-order valence-electron chi connectivity index (χ2n) is 4.77. The number of nitrogens with zero attached hydrogens (tertiary/aromatic N) is 1. The largest absolute Gasteiger partial charge is 0.409 e. The fourth-order valence-electron chi connectivity index (χ4n) is 2.18. The zero-order chi connectivity index (χ0) is 15.2. The molecule has 110 valence electrons. The van der Waals surface area contributed by atoms with Gasteiger partial charge in [0.2, 0.25) is 0 Å². The third kappa shape index (κ3) is 3.58. The van der Waals surface area contributed by atoms with Gasteiger partial charge in [0.05, 0.1) is 0 Å². The summed E-state index contributed by atoms with van der Waals surface area (Å²) in [4.78, 5) is 0. The zero-order valence-electron chi connectivity index (χ0n) is 11.8. The SMILES string of the molecule is C[C@@H](NCc1ccccc1/C(N)=N/O)c1ccccc1F. The highest BCUT2D eigenvalue weighted by Gasteiger charge is 2.11. The molecule has 0 saturated heterocycles. The first-order valence-corrected chi connectivity index (χ1v) is 6.67. The fourth-order valence-corrected chi connectivity index (χ4v) is 2.18. The molecule has 0 unspecified atom stereocenters. The molecule has 0 bridgehead atoms.